The van der Waals surface area contributed by atoms with Crippen LogP contribution in [0.5, 0.6) is 11.5 Å². The van der Waals surface area contributed by atoms with Crippen LogP contribution < -0.4 is 4.74 Å². The Morgan fingerprint density at radius 1 is 1.25 bits per heavy atom. The maximum atomic E-state index is 12.1. The molecule has 5 heteroatoms. The Balaban J connectivity index is 2.18. The van der Waals surface area contributed by atoms with E-state index in [-0.39, 0.29) is 23.5 Å². The lowest BCUT2D eigenvalue weighted by Crippen LogP contribution is -2.09. The number of pyridine rings is 1. The largest absolute Gasteiger partial charge is 0.507 e. The summed E-state index contributed by atoms with van der Waals surface area (Å²) in [6.07, 6.45) is 2.62. The first kappa shape index (κ1) is 13.7. The molecule has 1 aromatic carbocycles. The number of methoxy groups -OCH3 is 1. The average Bonchev–Trinajstić information content (AvgIpc) is 2.48. The molecule has 0 saturated heterocycles. The smallest absolute Gasteiger partial charge is 0.174 e. The van der Waals surface area contributed by atoms with Crippen LogP contribution in [0.25, 0.3) is 0 Å². The van der Waals surface area contributed by atoms with E-state index in [1.54, 1.807) is 18.3 Å². The second kappa shape index (κ2) is 5.97. The van der Waals surface area contributed by atoms with Crippen LogP contribution in [0.1, 0.15) is 27.1 Å². The summed E-state index contributed by atoms with van der Waals surface area (Å²) in [6.45, 7) is 0. The summed E-state index contributed by atoms with van der Waals surface area (Å²) in [6, 6.07) is 7.53. The van der Waals surface area contributed by atoms with Crippen molar-refractivity contribution in [2.24, 2.45) is 0 Å². The molecule has 0 fully saturated rings. The fourth-order valence-corrected chi connectivity index (χ4v) is 1.74. The van der Waals surface area contributed by atoms with Gasteiger partial charge in [-0.25, -0.2) is 0 Å². The number of carbonyl (C=O) groups excluding carboxylic acids is 2. The lowest BCUT2D eigenvalue weighted by molar-refractivity contribution is 0.0892. The third-order valence-corrected chi connectivity index (χ3v) is 2.81. The van der Waals surface area contributed by atoms with Crippen molar-refractivity contribution < 1.29 is 19.4 Å². The highest BCUT2D eigenvalue weighted by Gasteiger charge is 2.17. The molecule has 0 aliphatic rings. The number of ether oxygens (including phenoxy) is 1. The van der Waals surface area contributed by atoms with Crippen molar-refractivity contribution in [1.82, 2.24) is 4.98 Å². The minimum atomic E-state index is -0.463. The van der Waals surface area contributed by atoms with Gasteiger partial charge in [0, 0.05) is 18.0 Å². The Hall–Kier alpha value is -2.69. The number of carbonyl (C=O) groups is 2. The summed E-state index contributed by atoms with van der Waals surface area (Å²) in [5, 5.41) is 9.68. The summed E-state index contributed by atoms with van der Waals surface area (Å²) in [4.78, 5) is 27.8. The molecular formula is C15H13NO4. The van der Waals surface area contributed by atoms with Gasteiger partial charge in [0.2, 0.25) is 0 Å². The van der Waals surface area contributed by atoms with Crippen molar-refractivity contribution in [3.63, 3.8) is 0 Å². The van der Waals surface area contributed by atoms with E-state index in [2.05, 4.69) is 4.98 Å². The summed E-state index contributed by atoms with van der Waals surface area (Å²) < 4.78 is 4.99. The van der Waals surface area contributed by atoms with Gasteiger partial charge >= 0.3 is 0 Å². The van der Waals surface area contributed by atoms with Crippen molar-refractivity contribution in [3.8, 4) is 11.5 Å². The van der Waals surface area contributed by atoms with Crippen LogP contribution in [0.15, 0.2) is 42.7 Å². The first-order valence-corrected chi connectivity index (χ1v) is 5.95. The van der Waals surface area contributed by atoms with Crippen LogP contribution in [0.4, 0.5) is 0 Å². The zero-order valence-electron chi connectivity index (χ0n) is 10.9. The maximum Gasteiger partial charge on any atom is 0.174 e. The summed E-state index contributed by atoms with van der Waals surface area (Å²) in [5.74, 6) is -0.532. The van der Waals surface area contributed by atoms with Gasteiger partial charge in [-0.3, -0.25) is 14.6 Å². The van der Waals surface area contributed by atoms with Crippen molar-refractivity contribution in [1.29, 1.82) is 0 Å². The molecule has 0 spiro atoms. The van der Waals surface area contributed by atoms with Crippen LogP contribution >= 0.6 is 0 Å². The highest BCUT2D eigenvalue weighted by molar-refractivity contribution is 6.14. The van der Waals surface area contributed by atoms with Gasteiger partial charge in [-0.15, -0.1) is 0 Å². The SMILES string of the molecule is COc1ccc(O)c(C(=O)CC(=O)c2cccnc2)c1. The Morgan fingerprint density at radius 3 is 2.70 bits per heavy atom. The van der Waals surface area contributed by atoms with Crippen LogP contribution in [-0.4, -0.2) is 28.8 Å². The van der Waals surface area contributed by atoms with E-state index < -0.39 is 5.78 Å². The molecule has 0 bridgehead atoms. The molecule has 5 nitrogen and oxygen atoms in total. The first-order valence-electron chi connectivity index (χ1n) is 5.95. The van der Waals surface area contributed by atoms with Gasteiger partial charge in [-0.2, -0.15) is 0 Å². The van der Waals surface area contributed by atoms with Crippen molar-refractivity contribution >= 4 is 11.6 Å². The number of ketones is 2. The molecular weight excluding hydrogens is 258 g/mol. The molecule has 0 aliphatic carbocycles. The molecule has 0 saturated carbocycles. The van der Waals surface area contributed by atoms with Crippen molar-refractivity contribution in [2.75, 3.05) is 7.11 Å². The molecule has 0 amide bonds. The van der Waals surface area contributed by atoms with Crippen molar-refractivity contribution in [2.45, 2.75) is 6.42 Å². The molecule has 20 heavy (non-hydrogen) atoms. The van der Waals surface area contributed by atoms with E-state index in [1.165, 1.54) is 31.5 Å². The number of Topliss-reactive ketones (excluding diaryl/α,β-unsaturated/α-hetero) is 2. The van der Waals surface area contributed by atoms with E-state index in [4.69, 9.17) is 4.74 Å². The zero-order valence-corrected chi connectivity index (χ0v) is 10.9. The van der Waals surface area contributed by atoms with Gasteiger partial charge in [0.15, 0.2) is 11.6 Å². The lowest BCUT2D eigenvalue weighted by Gasteiger charge is -2.06. The number of benzene rings is 1. The van der Waals surface area contributed by atoms with E-state index in [0.717, 1.165) is 0 Å². The minimum Gasteiger partial charge on any atom is -0.507 e. The summed E-state index contributed by atoms with van der Waals surface area (Å²) in [7, 11) is 1.46. The van der Waals surface area contributed by atoms with E-state index in [9.17, 15) is 14.7 Å². The third-order valence-electron chi connectivity index (χ3n) is 2.81. The third kappa shape index (κ3) is 3.00. The van der Waals surface area contributed by atoms with Gasteiger partial charge in [0.05, 0.1) is 19.1 Å². The minimum absolute atomic E-state index is 0.0709. The average molecular weight is 271 g/mol. The van der Waals surface area contributed by atoms with Crippen LogP contribution in [0, 0.1) is 0 Å². The molecule has 0 unspecified atom stereocenters. The summed E-state index contributed by atoms with van der Waals surface area (Å²) >= 11 is 0. The van der Waals surface area contributed by atoms with Gasteiger partial charge in [0.25, 0.3) is 0 Å². The second-order valence-electron chi connectivity index (χ2n) is 4.15. The van der Waals surface area contributed by atoms with Crippen molar-refractivity contribution in [3.05, 3.63) is 53.9 Å². The van der Waals surface area contributed by atoms with Crippen LogP contribution in [-0.2, 0) is 0 Å². The Labute approximate surface area is 115 Å². The molecule has 0 radical (unpaired) electrons. The van der Waals surface area contributed by atoms with E-state index in [0.29, 0.717) is 11.3 Å². The number of nitrogens with zero attached hydrogens (tertiary/aromatic N) is 1. The quantitative estimate of drug-likeness (QED) is 0.666. The highest BCUT2D eigenvalue weighted by atomic mass is 16.5. The lowest BCUT2D eigenvalue weighted by atomic mass is 10.0. The first-order chi connectivity index (χ1) is 9.61. The highest BCUT2D eigenvalue weighted by Crippen LogP contribution is 2.24. The van der Waals surface area contributed by atoms with E-state index >= 15 is 0 Å². The monoisotopic (exact) mass is 271 g/mol. The maximum absolute atomic E-state index is 12.1. The van der Waals surface area contributed by atoms with Gasteiger partial charge in [-0.1, -0.05) is 0 Å². The predicted octanol–water partition coefficient (Wildman–Crippen LogP) is 2.25. The standard InChI is InChI=1S/C15H13NO4/c1-20-11-4-5-13(17)12(7-11)15(19)8-14(18)10-3-2-6-16-9-10/h2-7,9,17H,8H2,1H3. The number of phenols is 1. The second-order valence-corrected chi connectivity index (χ2v) is 4.15. The molecule has 1 heterocycles. The Morgan fingerprint density at radius 2 is 2.05 bits per heavy atom. The number of hydrogen-bond donors (Lipinski definition) is 1. The van der Waals surface area contributed by atoms with Crippen LogP contribution in [0.2, 0.25) is 0 Å². The zero-order chi connectivity index (χ0) is 14.5. The number of phenolic OH excluding ortho intramolecular Hbond substituents is 1. The fraction of sp³-hybridized carbons (Fsp3) is 0.133. The molecule has 1 N–H and O–H groups in total. The fourth-order valence-electron chi connectivity index (χ4n) is 1.74. The number of hydrogen-bond acceptors (Lipinski definition) is 5. The molecule has 2 aromatic rings. The molecule has 102 valence electrons. The predicted molar refractivity (Wildman–Crippen MR) is 72.2 cm³/mol. The number of aromatic hydroxyl groups is 1. The Kier molecular flexibility index (Phi) is 4.10. The van der Waals surface area contributed by atoms with E-state index in [1.807, 2.05) is 0 Å². The van der Waals surface area contributed by atoms with Gasteiger partial charge in [-0.05, 0) is 30.3 Å². The normalized spacial score (nSPS) is 10.1. The molecule has 0 aliphatic heterocycles. The van der Waals surface area contributed by atoms with Gasteiger partial charge < -0.3 is 9.84 Å². The summed E-state index contributed by atoms with van der Waals surface area (Å²) in [5.41, 5.74) is 0.435. The Bertz CT molecular complexity index is 638. The number of aromatic nitrogens is 1. The topological polar surface area (TPSA) is 76.5 Å². The molecule has 0 atom stereocenters. The van der Waals surface area contributed by atoms with Gasteiger partial charge in [0.1, 0.15) is 11.5 Å². The molecule has 1 aromatic heterocycles. The van der Waals surface area contributed by atoms with Crippen LogP contribution in [0.3, 0.4) is 0 Å². The molecule has 2 rings (SSSR count). The number of rotatable bonds is 5.